The average molecular weight is 894 g/mol. The molecule has 3 heterocycles. The van der Waals surface area contributed by atoms with E-state index in [4.69, 9.17) is 15.0 Å². The Hall–Kier alpha value is -9.45. The van der Waals surface area contributed by atoms with Gasteiger partial charge in [-0.1, -0.05) is 212 Å². The Morgan fingerprint density at radius 1 is 0.229 bits per heavy atom. The molecule has 0 bridgehead atoms. The third-order valence-electron chi connectivity index (χ3n) is 13.4. The summed E-state index contributed by atoms with van der Waals surface area (Å²) < 4.78 is 4.75. The van der Waals surface area contributed by atoms with Crippen LogP contribution in [-0.4, -0.2) is 24.1 Å². The van der Waals surface area contributed by atoms with Gasteiger partial charge in [0, 0.05) is 49.6 Å². The van der Waals surface area contributed by atoms with E-state index in [2.05, 4.69) is 209 Å². The van der Waals surface area contributed by atoms with Gasteiger partial charge >= 0.3 is 0 Å². The molecule has 0 aliphatic heterocycles. The van der Waals surface area contributed by atoms with Crippen LogP contribution in [0.15, 0.2) is 261 Å². The van der Waals surface area contributed by atoms with Gasteiger partial charge in [-0.15, -0.1) is 0 Å². The maximum Gasteiger partial charge on any atom is 0.164 e. The topological polar surface area (TPSA) is 48.5 Å². The second kappa shape index (κ2) is 17.3. The Kier molecular flexibility index (Phi) is 10.1. The number of rotatable bonds is 9. The summed E-state index contributed by atoms with van der Waals surface area (Å²) in [7, 11) is 0. The van der Waals surface area contributed by atoms with Crippen LogP contribution in [0.25, 0.3) is 100 Å². The largest absolute Gasteiger partial charge is 0.309 e. The Morgan fingerprint density at radius 2 is 0.486 bits per heavy atom. The molecule has 13 aromatic rings. The van der Waals surface area contributed by atoms with Gasteiger partial charge in [0.25, 0.3) is 0 Å². The fourth-order valence-electron chi connectivity index (χ4n) is 10.2. The van der Waals surface area contributed by atoms with E-state index < -0.39 is 0 Å². The zero-order valence-electron chi connectivity index (χ0n) is 38.1. The highest BCUT2D eigenvalue weighted by Crippen LogP contribution is 2.40. The first kappa shape index (κ1) is 40.8. The molecular formula is C65H43N5. The van der Waals surface area contributed by atoms with Gasteiger partial charge in [-0.3, -0.25) is 0 Å². The highest BCUT2D eigenvalue weighted by molar-refractivity contribution is 6.11. The zero-order valence-corrected chi connectivity index (χ0v) is 38.1. The summed E-state index contributed by atoms with van der Waals surface area (Å²) >= 11 is 0. The molecule has 10 aromatic carbocycles. The molecule has 70 heavy (non-hydrogen) atoms. The van der Waals surface area contributed by atoms with E-state index in [1.807, 2.05) is 60.7 Å². The quantitative estimate of drug-likeness (QED) is 0.136. The molecule has 5 nitrogen and oxygen atoms in total. The smallest absolute Gasteiger partial charge is 0.164 e. The van der Waals surface area contributed by atoms with Crippen molar-refractivity contribution in [3.05, 3.63) is 283 Å². The Morgan fingerprint density at radius 3 is 0.829 bits per heavy atom. The molecule has 0 N–H and O–H groups in total. The third-order valence-corrected chi connectivity index (χ3v) is 13.4. The highest BCUT2D eigenvalue weighted by atomic mass is 15.0. The molecule has 328 valence electrons. The van der Waals surface area contributed by atoms with Gasteiger partial charge in [-0.25, -0.2) is 15.0 Å². The molecule has 0 atom stereocenters. The van der Waals surface area contributed by atoms with Crippen LogP contribution in [0.2, 0.25) is 0 Å². The first-order valence-electron chi connectivity index (χ1n) is 23.7. The van der Waals surface area contributed by atoms with Gasteiger partial charge in [-0.2, -0.15) is 0 Å². The van der Waals surface area contributed by atoms with E-state index in [-0.39, 0.29) is 0 Å². The van der Waals surface area contributed by atoms with Crippen LogP contribution >= 0.6 is 0 Å². The number of nitrogens with zero attached hydrogens (tertiary/aromatic N) is 5. The third kappa shape index (κ3) is 7.16. The number of para-hydroxylation sites is 4. The van der Waals surface area contributed by atoms with Crippen molar-refractivity contribution in [1.29, 1.82) is 0 Å². The maximum atomic E-state index is 5.07. The van der Waals surface area contributed by atoms with E-state index in [1.165, 1.54) is 43.6 Å². The first-order chi connectivity index (χ1) is 34.7. The van der Waals surface area contributed by atoms with Crippen molar-refractivity contribution in [2.45, 2.75) is 0 Å². The van der Waals surface area contributed by atoms with Crippen LogP contribution in [0.5, 0.6) is 0 Å². The molecular weight excluding hydrogens is 851 g/mol. The lowest BCUT2D eigenvalue weighted by atomic mass is 9.85. The van der Waals surface area contributed by atoms with Crippen LogP contribution in [0.4, 0.5) is 0 Å². The molecule has 0 aliphatic carbocycles. The maximum absolute atomic E-state index is 5.07. The summed E-state index contributed by atoms with van der Waals surface area (Å²) in [6.07, 6.45) is 0. The molecule has 13 rings (SSSR count). The molecule has 0 spiro atoms. The first-order valence-corrected chi connectivity index (χ1v) is 23.7. The van der Waals surface area contributed by atoms with Crippen molar-refractivity contribution in [3.8, 4) is 45.5 Å². The van der Waals surface area contributed by atoms with E-state index in [0.29, 0.717) is 17.5 Å². The Labute approximate surface area is 405 Å². The summed E-state index contributed by atoms with van der Waals surface area (Å²) in [6.45, 7) is 0. The van der Waals surface area contributed by atoms with Gasteiger partial charge in [-0.05, 0) is 81.9 Å². The van der Waals surface area contributed by atoms with E-state index in [1.54, 1.807) is 0 Å². The summed E-state index contributed by atoms with van der Waals surface area (Å²) in [5.41, 5.74) is 16.4. The van der Waals surface area contributed by atoms with Crippen LogP contribution in [0, 0.1) is 0 Å². The van der Waals surface area contributed by atoms with Crippen LogP contribution in [-0.2, 0) is 0 Å². The van der Waals surface area contributed by atoms with Gasteiger partial charge < -0.3 is 9.13 Å². The average Bonchev–Trinajstić information content (AvgIpc) is 3.96. The molecule has 3 aromatic heterocycles. The fraction of sp³-hybridized carbons (Fsp3) is 0. The Balaban J connectivity index is 0.998. The van der Waals surface area contributed by atoms with Crippen LogP contribution in [0.1, 0.15) is 22.3 Å². The zero-order chi connectivity index (χ0) is 46.4. The molecule has 0 unspecified atom stereocenters. The van der Waals surface area contributed by atoms with Crippen LogP contribution < -0.4 is 0 Å². The molecule has 0 saturated heterocycles. The van der Waals surface area contributed by atoms with Crippen molar-refractivity contribution < 1.29 is 0 Å². The lowest BCUT2D eigenvalue weighted by Gasteiger charge is -2.19. The summed E-state index contributed by atoms with van der Waals surface area (Å²) in [4.78, 5) is 15.1. The molecule has 0 fully saturated rings. The van der Waals surface area contributed by atoms with Gasteiger partial charge in [0.2, 0.25) is 0 Å². The highest BCUT2D eigenvalue weighted by Gasteiger charge is 2.20. The summed E-state index contributed by atoms with van der Waals surface area (Å²) in [5.74, 6) is 1.88. The lowest BCUT2D eigenvalue weighted by molar-refractivity contribution is 1.07. The molecule has 0 radical (unpaired) electrons. The van der Waals surface area contributed by atoms with Gasteiger partial charge in [0.05, 0.1) is 22.1 Å². The van der Waals surface area contributed by atoms with E-state index >= 15 is 0 Å². The molecule has 0 aliphatic rings. The number of fused-ring (bicyclic) bond motifs is 6. The standard InChI is InChI=1S/C65H43N5/c1-4-18-44(19-5-1)61(46-36-40-51(41-37-46)69-57-28-14-10-24-53(57)54-25-11-15-29-58(54)69)62(47-38-42-52(43-39-47)70-59-30-16-12-26-55(59)56-27-13-17-31-60(56)70)45-32-34-50(35-33-45)65-67-63(48-20-6-2-7-21-48)66-64(68-65)49-22-8-3-9-23-49/h1-43H/b62-61+. The molecule has 5 heteroatoms. The summed E-state index contributed by atoms with van der Waals surface area (Å²) in [5, 5.41) is 4.96. The molecule has 0 amide bonds. The van der Waals surface area contributed by atoms with E-state index in [0.717, 1.165) is 61.5 Å². The van der Waals surface area contributed by atoms with Gasteiger partial charge in [0.15, 0.2) is 17.5 Å². The molecule has 0 saturated carbocycles. The van der Waals surface area contributed by atoms with Crippen molar-refractivity contribution >= 4 is 54.8 Å². The lowest BCUT2D eigenvalue weighted by Crippen LogP contribution is -2.01. The minimum absolute atomic E-state index is 0.615. The van der Waals surface area contributed by atoms with Crippen molar-refractivity contribution in [2.24, 2.45) is 0 Å². The number of hydrogen-bond acceptors (Lipinski definition) is 3. The second-order valence-electron chi connectivity index (χ2n) is 17.6. The normalized spacial score (nSPS) is 11.9. The van der Waals surface area contributed by atoms with Crippen molar-refractivity contribution in [2.75, 3.05) is 0 Å². The fourth-order valence-corrected chi connectivity index (χ4v) is 10.2. The van der Waals surface area contributed by atoms with Gasteiger partial charge in [0.1, 0.15) is 0 Å². The Bertz CT molecular complexity index is 3890. The minimum Gasteiger partial charge on any atom is -0.309 e. The van der Waals surface area contributed by atoms with Crippen LogP contribution in [0.3, 0.4) is 0 Å². The van der Waals surface area contributed by atoms with E-state index in [9.17, 15) is 0 Å². The second-order valence-corrected chi connectivity index (χ2v) is 17.6. The predicted octanol–water partition coefficient (Wildman–Crippen LogP) is 16.1. The number of benzene rings is 10. The predicted molar refractivity (Wildman–Crippen MR) is 289 cm³/mol. The SMILES string of the molecule is c1ccc(/C(=C(/c2ccc(-c3nc(-c4ccccc4)nc(-c4ccccc4)n3)cc2)c2ccc(-n3c4ccccc4c4ccccc43)cc2)c2ccc(-n3c4ccccc4c4ccccc43)cc2)cc1. The monoisotopic (exact) mass is 893 g/mol. The van der Waals surface area contributed by atoms with Crippen molar-refractivity contribution in [3.63, 3.8) is 0 Å². The van der Waals surface area contributed by atoms with Crippen molar-refractivity contribution in [1.82, 2.24) is 24.1 Å². The number of aromatic nitrogens is 5. The number of hydrogen-bond donors (Lipinski definition) is 0. The summed E-state index contributed by atoms with van der Waals surface area (Å²) in [6, 6.07) is 92.6. The minimum atomic E-state index is 0.615.